The van der Waals surface area contributed by atoms with E-state index in [0.29, 0.717) is 18.4 Å². The standard InChI is InChI=1S/C15H18F3NO3S/c1-10(23(2,21)22)13(20)19-14(7-4-8-14)11-5-3-6-12(9-11)15(16,17)18/h3,5-6,9-10H,4,7-8H2,1-2H3,(H,19,20)/t10-/m0/s1. The third-order valence-corrected chi connectivity index (χ3v) is 5.82. The Balaban J connectivity index is 2.30. The Morgan fingerprint density at radius 3 is 2.35 bits per heavy atom. The molecule has 1 saturated carbocycles. The first kappa shape index (κ1) is 17.8. The Morgan fingerprint density at radius 2 is 1.91 bits per heavy atom. The van der Waals surface area contributed by atoms with Crippen LogP contribution in [0.2, 0.25) is 0 Å². The van der Waals surface area contributed by atoms with Gasteiger partial charge in [0.25, 0.3) is 0 Å². The van der Waals surface area contributed by atoms with Crippen LogP contribution in [0, 0.1) is 0 Å². The van der Waals surface area contributed by atoms with Gasteiger partial charge >= 0.3 is 6.18 Å². The number of hydrogen-bond acceptors (Lipinski definition) is 3. The second kappa shape index (κ2) is 5.81. The predicted molar refractivity (Wildman–Crippen MR) is 79.4 cm³/mol. The fourth-order valence-electron chi connectivity index (χ4n) is 2.54. The van der Waals surface area contributed by atoms with Gasteiger partial charge < -0.3 is 5.32 Å². The highest BCUT2D eigenvalue weighted by Crippen LogP contribution is 2.43. The van der Waals surface area contributed by atoms with E-state index in [4.69, 9.17) is 0 Å². The molecule has 128 valence electrons. The van der Waals surface area contributed by atoms with Crippen molar-refractivity contribution in [3.05, 3.63) is 35.4 Å². The van der Waals surface area contributed by atoms with Crippen LogP contribution in [0.4, 0.5) is 13.2 Å². The molecule has 0 saturated heterocycles. The molecule has 0 heterocycles. The Hall–Kier alpha value is -1.57. The van der Waals surface area contributed by atoms with Gasteiger partial charge in [0.1, 0.15) is 5.25 Å². The van der Waals surface area contributed by atoms with Crippen molar-refractivity contribution in [1.29, 1.82) is 0 Å². The summed E-state index contributed by atoms with van der Waals surface area (Å²) in [6.45, 7) is 1.27. The molecule has 1 N–H and O–H groups in total. The van der Waals surface area contributed by atoms with E-state index < -0.39 is 38.3 Å². The molecule has 0 aromatic heterocycles. The first-order valence-corrected chi connectivity index (χ1v) is 9.10. The molecule has 0 radical (unpaired) electrons. The average Bonchev–Trinajstić information content (AvgIpc) is 2.40. The molecule has 1 atom stereocenters. The summed E-state index contributed by atoms with van der Waals surface area (Å²) in [5.74, 6) is -0.690. The van der Waals surface area contributed by atoms with Gasteiger partial charge in [-0.15, -0.1) is 0 Å². The van der Waals surface area contributed by atoms with Gasteiger partial charge in [-0.3, -0.25) is 4.79 Å². The smallest absolute Gasteiger partial charge is 0.345 e. The average molecular weight is 349 g/mol. The van der Waals surface area contributed by atoms with Gasteiger partial charge in [-0.25, -0.2) is 8.42 Å². The first-order chi connectivity index (χ1) is 10.5. The molecule has 23 heavy (non-hydrogen) atoms. The van der Waals surface area contributed by atoms with Crippen LogP contribution in [-0.2, 0) is 26.3 Å². The van der Waals surface area contributed by atoms with E-state index in [1.165, 1.54) is 19.1 Å². The zero-order valence-electron chi connectivity index (χ0n) is 12.8. The van der Waals surface area contributed by atoms with E-state index in [2.05, 4.69) is 5.32 Å². The lowest BCUT2D eigenvalue weighted by Gasteiger charge is -2.43. The summed E-state index contributed by atoms with van der Waals surface area (Å²) in [7, 11) is -3.56. The first-order valence-electron chi connectivity index (χ1n) is 7.14. The molecule has 2 rings (SSSR count). The summed E-state index contributed by atoms with van der Waals surface area (Å²) in [5.41, 5.74) is -1.35. The minimum absolute atomic E-state index is 0.354. The van der Waals surface area contributed by atoms with Gasteiger partial charge in [0, 0.05) is 6.26 Å². The van der Waals surface area contributed by atoms with Crippen molar-refractivity contribution in [3.63, 3.8) is 0 Å². The number of carbonyl (C=O) groups excluding carboxylic acids is 1. The quantitative estimate of drug-likeness (QED) is 0.909. The van der Waals surface area contributed by atoms with Crippen LogP contribution >= 0.6 is 0 Å². The molecule has 0 aliphatic heterocycles. The number of carbonyl (C=O) groups is 1. The third-order valence-electron chi connectivity index (χ3n) is 4.32. The second-order valence-corrected chi connectivity index (χ2v) is 8.34. The molecular weight excluding hydrogens is 331 g/mol. The molecule has 0 spiro atoms. The van der Waals surface area contributed by atoms with Gasteiger partial charge in [0.05, 0.1) is 11.1 Å². The van der Waals surface area contributed by atoms with Crippen molar-refractivity contribution in [2.45, 2.75) is 43.2 Å². The van der Waals surface area contributed by atoms with Gasteiger partial charge in [0.15, 0.2) is 9.84 Å². The van der Waals surface area contributed by atoms with Crippen LogP contribution in [0.15, 0.2) is 24.3 Å². The highest BCUT2D eigenvalue weighted by atomic mass is 32.2. The zero-order chi connectivity index (χ0) is 17.5. The number of hydrogen-bond donors (Lipinski definition) is 1. The van der Waals surface area contributed by atoms with E-state index in [-0.39, 0.29) is 0 Å². The monoisotopic (exact) mass is 349 g/mol. The molecule has 1 fully saturated rings. The maximum absolute atomic E-state index is 12.9. The SMILES string of the molecule is C[C@@H](C(=O)NC1(c2cccc(C(F)(F)F)c2)CCC1)S(C)(=O)=O. The summed E-state index contributed by atoms with van der Waals surface area (Å²) in [4.78, 5) is 12.1. The number of halogens is 3. The number of sulfone groups is 1. The largest absolute Gasteiger partial charge is 0.416 e. The van der Waals surface area contributed by atoms with Crippen LogP contribution in [0.3, 0.4) is 0 Å². The Morgan fingerprint density at radius 1 is 1.30 bits per heavy atom. The Bertz CT molecular complexity index is 709. The molecule has 1 aliphatic rings. The lowest BCUT2D eigenvalue weighted by atomic mass is 9.71. The summed E-state index contributed by atoms with van der Waals surface area (Å²) < 4.78 is 61.5. The van der Waals surface area contributed by atoms with E-state index in [1.54, 1.807) is 0 Å². The summed E-state index contributed by atoms with van der Waals surface area (Å²) >= 11 is 0. The zero-order valence-corrected chi connectivity index (χ0v) is 13.6. The fourth-order valence-corrected chi connectivity index (χ4v) is 2.99. The van der Waals surface area contributed by atoms with Crippen molar-refractivity contribution >= 4 is 15.7 Å². The van der Waals surface area contributed by atoms with Crippen molar-refractivity contribution in [2.24, 2.45) is 0 Å². The van der Waals surface area contributed by atoms with E-state index in [1.807, 2.05) is 0 Å². The maximum Gasteiger partial charge on any atom is 0.416 e. The van der Waals surface area contributed by atoms with E-state index >= 15 is 0 Å². The fraction of sp³-hybridized carbons (Fsp3) is 0.533. The van der Waals surface area contributed by atoms with Gasteiger partial charge in [-0.2, -0.15) is 13.2 Å². The van der Waals surface area contributed by atoms with E-state index in [0.717, 1.165) is 24.8 Å². The van der Waals surface area contributed by atoms with Crippen molar-refractivity contribution < 1.29 is 26.4 Å². The van der Waals surface area contributed by atoms with Crippen molar-refractivity contribution in [3.8, 4) is 0 Å². The van der Waals surface area contributed by atoms with Gasteiger partial charge in [-0.1, -0.05) is 12.1 Å². The third kappa shape index (κ3) is 3.68. The van der Waals surface area contributed by atoms with Crippen LogP contribution in [0.25, 0.3) is 0 Å². The molecule has 1 aromatic carbocycles. The van der Waals surface area contributed by atoms with Crippen molar-refractivity contribution in [2.75, 3.05) is 6.26 Å². The molecule has 0 bridgehead atoms. The predicted octanol–water partition coefficient (Wildman–Crippen LogP) is 2.63. The minimum Gasteiger partial charge on any atom is -0.345 e. The van der Waals surface area contributed by atoms with Gasteiger partial charge in [0.2, 0.25) is 5.91 Å². The number of alkyl halides is 3. The number of nitrogens with one attached hydrogen (secondary N) is 1. The van der Waals surface area contributed by atoms with Crippen LogP contribution in [0.1, 0.15) is 37.3 Å². The van der Waals surface area contributed by atoms with Crippen LogP contribution in [-0.4, -0.2) is 25.8 Å². The summed E-state index contributed by atoms with van der Waals surface area (Å²) in [5, 5.41) is 1.40. The molecular formula is C15H18F3NO3S. The number of benzene rings is 1. The number of amides is 1. The van der Waals surface area contributed by atoms with Crippen LogP contribution < -0.4 is 5.32 Å². The number of rotatable bonds is 4. The van der Waals surface area contributed by atoms with Crippen molar-refractivity contribution in [1.82, 2.24) is 5.32 Å². The Kier molecular flexibility index (Phi) is 4.49. The molecule has 4 nitrogen and oxygen atoms in total. The summed E-state index contributed by atoms with van der Waals surface area (Å²) in [6.07, 6.45) is -1.79. The minimum atomic E-state index is -4.47. The maximum atomic E-state index is 12.9. The van der Waals surface area contributed by atoms with Gasteiger partial charge in [-0.05, 0) is 43.9 Å². The second-order valence-electron chi connectivity index (χ2n) is 5.98. The highest BCUT2D eigenvalue weighted by molar-refractivity contribution is 7.92. The summed E-state index contributed by atoms with van der Waals surface area (Å²) in [6, 6.07) is 4.81. The topological polar surface area (TPSA) is 63.2 Å². The Labute approximate surface area is 133 Å². The highest BCUT2D eigenvalue weighted by Gasteiger charge is 2.43. The van der Waals surface area contributed by atoms with E-state index in [9.17, 15) is 26.4 Å². The molecule has 1 aromatic rings. The molecule has 0 unspecified atom stereocenters. The lowest BCUT2D eigenvalue weighted by Crippen LogP contribution is -2.54. The molecule has 8 heteroatoms. The normalized spacial score (nSPS) is 18.8. The molecule has 1 aliphatic carbocycles. The molecule has 1 amide bonds. The lowest BCUT2D eigenvalue weighted by molar-refractivity contribution is -0.137. The van der Waals surface area contributed by atoms with Crippen LogP contribution in [0.5, 0.6) is 0 Å².